The van der Waals surface area contributed by atoms with Crippen molar-refractivity contribution < 1.29 is 19.1 Å². The van der Waals surface area contributed by atoms with Gasteiger partial charge in [0.25, 0.3) is 11.8 Å². The number of benzene rings is 1. The summed E-state index contributed by atoms with van der Waals surface area (Å²) in [7, 11) is 1.79. The number of nitrogens with zero attached hydrogens (tertiary/aromatic N) is 1. The largest absolute Gasteiger partial charge is 0.484 e. The summed E-state index contributed by atoms with van der Waals surface area (Å²) in [5.41, 5.74) is 5.59. The van der Waals surface area contributed by atoms with Crippen LogP contribution in [0.1, 0.15) is 16.8 Å². The van der Waals surface area contributed by atoms with Crippen LogP contribution in [0.25, 0.3) is 0 Å². The Hall–Kier alpha value is -2.08. The van der Waals surface area contributed by atoms with E-state index in [0.717, 1.165) is 19.6 Å². The van der Waals surface area contributed by atoms with Crippen LogP contribution in [0.15, 0.2) is 24.3 Å². The van der Waals surface area contributed by atoms with Crippen LogP contribution in [0.2, 0.25) is 0 Å². The summed E-state index contributed by atoms with van der Waals surface area (Å²) in [5.74, 6) is 0.353. The molecule has 2 rings (SSSR count). The molecule has 6 heteroatoms. The third-order valence-corrected chi connectivity index (χ3v) is 3.39. The van der Waals surface area contributed by atoms with Gasteiger partial charge in [0.05, 0.1) is 6.61 Å². The molecule has 1 aromatic carbocycles. The Morgan fingerprint density at radius 1 is 1.38 bits per heavy atom. The molecule has 2 N–H and O–H groups in total. The molecule has 21 heavy (non-hydrogen) atoms. The Morgan fingerprint density at radius 2 is 2.10 bits per heavy atom. The van der Waals surface area contributed by atoms with Crippen LogP contribution < -0.4 is 10.5 Å². The van der Waals surface area contributed by atoms with Crippen molar-refractivity contribution in [2.75, 3.05) is 33.4 Å². The quantitative estimate of drug-likeness (QED) is 0.835. The van der Waals surface area contributed by atoms with E-state index in [-0.39, 0.29) is 12.5 Å². The van der Waals surface area contributed by atoms with E-state index in [1.807, 2.05) is 0 Å². The van der Waals surface area contributed by atoms with Gasteiger partial charge in [0.1, 0.15) is 5.75 Å². The molecule has 1 aliphatic rings. The highest BCUT2D eigenvalue weighted by Gasteiger charge is 2.20. The Bertz CT molecular complexity index is 495. The third kappa shape index (κ3) is 4.46. The first kappa shape index (κ1) is 15.3. The maximum absolute atomic E-state index is 12.3. The van der Waals surface area contributed by atoms with Crippen molar-refractivity contribution in [1.82, 2.24) is 4.90 Å². The smallest absolute Gasteiger partial charge is 0.255 e. The minimum Gasteiger partial charge on any atom is -0.484 e. The standard InChI is InChI=1S/C15H20N2O4/c1-17(8-11-6-7-20-9-11)15(19)12-2-4-13(5-3-12)21-10-14(16)18/h2-5,11H,6-10H2,1H3,(H2,16,18). The molecule has 1 atom stereocenters. The molecule has 0 bridgehead atoms. The first-order valence-electron chi connectivity index (χ1n) is 6.90. The second-order valence-corrected chi connectivity index (χ2v) is 5.19. The van der Waals surface area contributed by atoms with Gasteiger partial charge >= 0.3 is 0 Å². The lowest BCUT2D eigenvalue weighted by Gasteiger charge is -2.20. The summed E-state index contributed by atoms with van der Waals surface area (Å²) in [6.45, 7) is 2.02. The molecule has 0 saturated carbocycles. The average Bonchev–Trinajstić information content (AvgIpc) is 2.97. The van der Waals surface area contributed by atoms with Crippen LogP contribution in [-0.4, -0.2) is 50.1 Å². The lowest BCUT2D eigenvalue weighted by atomic mass is 10.1. The van der Waals surface area contributed by atoms with Crippen molar-refractivity contribution in [2.45, 2.75) is 6.42 Å². The number of ether oxygens (including phenoxy) is 2. The van der Waals surface area contributed by atoms with Gasteiger partial charge in [-0.25, -0.2) is 0 Å². The van der Waals surface area contributed by atoms with Crippen LogP contribution in [0.3, 0.4) is 0 Å². The number of nitrogens with two attached hydrogens (primary N) is 1. The number of hydrogen-bond donors (Lipinski definition) is 1. The van der Waals surface area contributed by atoms with Gasteiger partial charge in [0.2, 0.25) is 0 Å². The zero-order valence-corrected chi connectivity index (χ0v) is 12.1. The molecule has 1 unspecified atom stereocenters. The Morgan fingerprint density at radius 3 is 2.67 bits per heavy atom. The summed E-state index contributed by atoms with van der Waals surface area (Å²) in [5, 5.41) is 0. The van der Waals surface area contributed by atoms with Crippen molar-refractivity contribution >= 4 is 11.8 Å². The topological polar surface area (TPSA) is 81.9 Å². The molecule has 114 valence electrons. The number of carbonyl (C=O) groups excluding carboxylic acids is 2. The molecule has 0 aromatic heterocycles. The highest BCUT2D eigenvalue weighted by atomic mass is 16.5. The van der Waals surface area contributed by atoms with E-state index in [2.05, 4.69) is 0 Å². The molecule has 1 fully saturated rings. The van der Waals surface area contributed by atoms with Crippen LogP contribution in [0.4, 0.5) is 0 Å². The fourth-order valence-corrected chi connectivity index (χ4v) is 2.27. The highest BCUT2D eigenvalue weighted by molar-refractivity contribution is 5.94. The van der Waals surface area contributed by atoms with Gasteiger partial charge in [-0.1, -0.05) is 0 Å². The number of hydrogen-bond acceptors (Lipinski definition) is 4. The second kappa shape index (κ2) is 7.08. The molecule has 1 aromatic rings. The van der Waals surface area contributed by atoms with Gasteiger partial charge in [0.15, 0.2) is 6.61 Å². The molecule has 6 nitrogen and oxygen atoms in total. The molecule has 1 heterocycles. The molecule has 1 saturated heterocycles. The second-order valence-electron chi connectivity index (χ2n) is 5.19. The van der Waals surface area contributed by atoms with Crippen molar-refractivity contribution in [3.63, 3.8) is 0 Å². The first-order valence-corrected chi connectivity index (χ1v) is 6.90. The zero-order valence-electron chi connectivity index (χ0n) is 12.1. The van der Waals surface area contributed by atoms with E-state index in [1.54, 1.807) is 36.2 Å². The van der Waals surface area contributed by atoms with Gasteiger partial charge in [-0.05, 0) is 30.7 Å². The number of carbonyl (C=O) groups is 2. The molecule has 2 amide bonds. The van der Waals surface area contributed by atoms with Crippen molar-refractivity contribution in [3.8, 4) is 5.75 Å². The monoisotopic (exact) mass is 292 g/mol. The predicted octanol–water partition coefficient (Wildman–Crippen LogP) is 0.659. The maximum atomic E-state index is 12.3. The summed E-state index contributed by atoms with van der Waals surface area (Å²) >= 11 is 0. The Kier molecular flexibility index (Phi) is 5.16. The van der Waals surface area contributed by atoms with Crippen molar-refractivity contribution in [1.29, 1.82) is 0 Å². The van der Waals surface area contributed by atoms with Gasteiger partial charge < -0.3 is 20.1 Å². The molecule has 1 aliphatic heterocycles. The van der Waals surface area contributed by atoms with Crippen molar-refractivity contribution in [3.05, 3.63) is 29.8 Å². The minimum absolute atomic E-state index is 0.0386. The number of rotatable bonds is 6. The first-order chi connectivity index (χ1) is 10.1. The highest BCUT2D eigenvalue weighted by Crippen LogP contribution is 2.16. The molecule has 0 radical (unpaired) electrons. The van der Waals surface area contributed by atoms with Gasteiger partial charge in [-0.15, -0.1) is 0 Å². The SMILES string of the molecule is CN(CC1CCOC1)C(=O)c1ccc(OCC(N)=O)cc1. The normalized spacial score (nSPS) is 17.5. The van der Waals surface area contributed by atoms with E-state index in [4.69, 9.17) is 15.2 Å². The predicted molar refractivity (Wildman–Crippen MR) is 77.0 cm³/mol. The number of primary amides is 1. The van der Waals surface area contributed by atoms with E-state index >= 15 is 0 Å². The summed E-state index contributed by atoms with van der Waals surface area (Å²) in [6, 6.07) is 6.67. The van der Waals surface area contributed by atoms with Gasteiger partial charge in [-0.3, -0.25) is 9.59 Å². The van der Waals surface area contributed by atoms with Gasteiger partial charge in [0, 0.05) is 31.7 Å². The third-order valence-electron chi connectivity index (χ3n) is 3.39. The van der Waals surface area contributed by atoms with E-state index < -0.39 is 5.91 Å². The van der Waals surface area contributed by atoms with Gasteiger partial charge in [-0.2, -0.15) is 0 Å². The van der Waals surface area contributed by atoms with Crippen LogP contribution in [-0.2, 0) is 9.53 Å². The number of amides is 2. The van der Waals surface area contributed by atoms with Crippen LogP contribution in [0, 0.1) is 5.92 Å². The lowest BCUT2D eigenvalue weighted by Crippen LogP contribution is -2.32. The lowest BCUT2D eigenvalue weighted by molar-refractivity contribution is -0.119. The van der Waals surface area contributed by atoms with Crippen molar-refractivity contribution in [2.24, 2.45) is 11.7 Å². The Labute approximate surface area is 123 Å². The summed E-state index contributed by atoms with van der Waals surface area (Å²) in [6.07, 6.45) is 0.998. The van der Waals surface area contributed by atoms with E-state index in [9.17, 15) is 9.59 Å². The molecule has 0 aliphatic carbocycles. The molecule has 0 spiro atoms. The summed E-state index contributed by atoms with van der Waals surface area (Å²) < 4.78 is 10.5. The average molecular weight is 292 g/mol. The molecular formula is C15H20N2O4. The zero-order chi connectivity index (χ0) is 15.2. The van der Waals surface area contributed by atoms with Crippen LogP contribution in [0.5, 0.6) is 5.75 Å². The summed E-state index contributed by atoms with van der Waals surface area (Å²) in [4.78, 5) is 24.6. The fraction of sp³-hybridized carbons (Fsp3) is 0.467. The maximum Gasteiger partial charge on any atom is 0.255 e. The van der Waals surface area contributed by atoms with E-state index in [0.29, 0.717) is 23.8 Å². The van der Waals surface area contributed by atoms with E-state index in [1.165, 1.54) is 0 Å². The minimum atomic E-state index is -0.534. The fourth-order valence-electron chi connectivity index (χ4n) is 2.27. The van der Waals surface area contributed by atoms with Crippen LogP contribution >= 0.6 is 0 Å². The Balaban J connectivity index is 1.90. The molecular weight excluding hydrogens is 272 g/mol.